The molecule has 2 amide bonds. The molecule has 0 bridgehead atoms. The van der Waals surface area contributed by atoms with E-state index in [-0.39, 0.29) is 17.5 Å². The summed E-state index contributed by atoms with van der Waals surface area (Å²) >= 11 is 0. The van der Waals surface area contributed by atoms with Crippen LogP contribution in [0.4, 0.5) is 10.1 Å². The first-order chi connectivity index (χ1) is 18.9. The molecule has 0 radical (unpaired) electrons. The quantitative estimate of drug-likeness (QED) is 0.360. The lowest BCUT2D eigenvalue weighted by Crippen LogP contribution is -2.42. The van der Waals surface area contributed by atoms with E-state index < -0.39 is 23.9 Å². The van der Waals surface area contributed by atoms with Crippen LogP contribution in [0.2, 0.25) is 0 Å². The SMILES string of the molecule is Cc1cccc(C2[C@@H](NC(=O)c3ncccn3)[C@@H](C)C(=O)N2c2ccc3c(cnn3-c3ccc(F)cc3)c2)c1. The van der Waals surface area contributed by atoms with E-state index in [1.165, 1.54) is 24.5 Å². The fraction of sp³-hybridized carbons (Fsp3) is 0.167. The number of hydrogen-bond donors (Lipinski definition) is 1. The zero-order valence-electron chi connectivity index (χ0n) is 21.3. The largest absolute Gasteiger partial charge is 0.343 e. The Bertz CT molecular complexity index is 1690. The van der Waals surface area contributed by atoms with Crippen LogP contribution in [0.25, 0.3) is 16.6 Å². The molecule has 1 N–H and O–H groups in total. The zero-order chi connectivity index (χ0) is 27.1. The highest BCUT2D eigenvalue weighted by atomic mass is 19.1. The van der Waals surface area contributed by atoms with E-state index in [4.69, 9.17) is 0 Å². The van der Waals surface area contributed by atoms with Gasteiger partial charge in [-0.1, -0.05) is 36.8 Å². The van der Waals surface area contributed by atoms with Gasteiger partial charge in [-0.15, -0.1) is 0 Å². The summed E-state index contributed by atoms with van der Waals surface area (Å²) in [7, 11) is 0. The molecular formula is C30H25FN6O2. The van der Waals surface area contributed by atoms with Crippen molar-refractivity contribution in [2.24, 2.45) is 5.92 Å². The van der Waals surface area contributed by atoms with Gasteiger partial charge in [-0.3, -0.25) is 9.59 Å². The van der Waals surface area contributed by atoms with Gasteiger partial charge in [0, 0.05) is 23.5 Å². The van der Waals surface area contributed by atoms with E-state index in [1.54, 1.807) is 34.0 Å². The summed E-state index contributed by atoms with van der Waals surface area (Å²) in [5, 5.41) is 8.35. The van der Waals surface area contributed by atoms with Crippen LogP contribution in [0, 0.1) is 18.7 Å². The topological polar surface area (TPSA) is 93.0 Å². The van der Waals surface area contributed by atoms with Crippen LogP contribution in [0.1, 0.15) is 34.7 Å². The molecule has 0 saturated carbocycles. The summed E-state index contributed by atoms with van der Waals surface area (Å²) in [6, 6.07) is 20.4. The number of rotatable bonds is 5. The van der Waals surface area contributed by atoms with Gasteiger partial charge < -0.3 is 10.2 Å². The number of nitrogens with one attached hydrogen (secondary N) is 1. The molecule has 5 aromatic rings. The molecule has 6 rings (SSSR count). The van der Waals surface area contributed by atoms with Crippen molar-refractivity contribution in [3.8, 4) is 5.69 Å². The Hall–Kier alpha value is -4.92. The predicted molar refractivity (Wildman–Crippen MR) is 145 cm³/mol. The fourth-order valence-corrected chi connectivity index (χ4v) is 5.24. The van der Waals surface area contributed by atoms with Crippen LogP contribution in [0.5, 0.6) is 0 Å². The van der Waals surface area contributed by atoms with Gasteiger partial charge in [0.2, 0.25) is 11.7 Å². The van der Waals surface area contributed by atoms with Crippen LogP contribution in [0.3, 0.4) is 0 Å². The average Bonchev–Trinajstić information content (AvgIpc) is 3.48. The number of carbonyl (C=O) groups is 2. The minimum atomic E-state index is -0.520. The van der Waals surface area contributed by atoms with Gasteiger partial charge in [0.25, 0.3) is 5.91 Å². The predicted octanol–water partition coefficient (Wildman–Crippen LogP) is 4.79. The lowest BCUT2D eigenvalue weighted by Gasteiger charge is -2.29. The third-order valence-electron chi connectivity index (χ3n) is 7.14. The van der Waals surface area contributed by atoms with E-state index >= 15 is 0 Å². The summed E-state index contributed by atoms with van der Waals surface area (Å²) in [6.45, 7) is 3.82. The van der Waals surface area contributed by atoms with Crippen molar-refractivity contribution < 1.29 is 14.0 Å². The maximum atomic E-state index is 13.8. The Kier molecular flexibility index (Phi) is 6.11. The third kappa shape index (κ3) is 4.41. The van der Waals surface area contributed by atoms with E-state index in [1.807, 2.05) is 56.3 Å². The molecule has 3 aromatic carbocycles. The van der Waals surface area contributed by atoms with Gasteiger partial charge in [0.1, 0.15) is 5.82 Å². The number of anilines is 1. The summed E-state index contributed by atoms with van der Waals surface area (Å²) < 4.78 is 15.2. The molecule has 1 aliphatic rings. The number of carbonyl (C=O) groups excluding carboxylic acids is 2. The van der Waals surface area contributed by atoms with Gasteiger partial charge in [0.05, 0.1) is 35.4 Å². The highest BCUT2D eigenvalue weighted by Crippen LogP contribution is 2.41. The van der Waals surface area contributed by atoms with Gasteiger partial charge in [0.15, 0.2) is 0 Å². The van der Waals surface area contributed by atoms with Crippen LogP contribution >= 0.6 is 0 Å². The normalized spacial score (nSPS) is 19.0. The highest BCUT2D eigenvalue weighted by Gasteiger charge is 2.48. The lowest BCUT2D eigenvalue weighted by molar-refractivity contribution is -0.120. The first kappa shape index (κ1) is 24.4. The monoisotopic (exact) mass is 520 g/mol. The molecule has 8 nitrogen and oxygen atoms in total. The number of hydrogen-bond acceptors (Lipinski definition) is 5. The second-order valence-electron chi connectivity index (χ2n) is 9.70. The zero-order valence-corrected chi connectivity index (χ0v) is 21.3. The van der Waals surface area contributed by atoms with Gasteiger partial charge in [-0.2, -0.15) is 5.10 Å². The van der Waals surface area contributed by atoms with Crippen LogP contribution in [-0.4, -0.2) is 37.6 Å². The summed E-state index contributed by atoms with van der Waals surface area (Å²) in [5.41, 5.74) is 4.20. The smallest absolute Gasteiger partial charge is 0.289 e. The summed E-state index contributed by atoms with van der Waals surface area (Å²) in [5.74, 6) is -1.31. The lowest BCUT2D eigenvalue weighted by atomic mass is 9.93. The first-order valence-electron chi connectivity index (χ1n) is 12.6. The third-order valence-corrected chi connectivity index (χ3v) is 7.14. The number of benzene rings is 3. The van der Waals surface area contributed by atoms with Crippen molar-refractivity contribution in [2.45, 2.75) is 25.9 Å². The van der Waals surface area contributed by atoms with Crippen molar-refractivity contribution >= 4 is 28.4 Å². The number of halogens is 1. The van der Waals surface area contributed by atoms with E-state index in [2.05, 4.69) is 20.4 Å². The van der Waals surface area contributed by atoms with Crippen molar-refractivity contribution in [2.75, 3.05) is 4.90 Å². The summed E-state index contributed by atoms with van der Waals surface area (Å²) in [4.78, 5) is 36.7. The molecular weight excluding hydrogens is 495 g/mol. The molecule has 1 aliphatic heterocycles. The van der Waals surface area contributed by atoms with Crippen LogP contribution < -0.4 is 10.2 Å². The molecule has 9 heteroatoms. The summed E-state index contributed by atoms with van der Waals surface area (Å²) in [6.07, 6.45) is 4.74. The fourth-order valence-electron chi connectivity index (χ4n) is 5.24. The number of aryl methyl sites for hydroxylation is 1. The van der Waals surface area contributed by atoms with E-state index in [0.29, 0.717) is 5.69 Å². The van der Waals surface area contributed by atoms with Gasteiger partial charge in [-0.05, 0) is 61.0 Å². The Labute approximate surface area is 224 Å². The average molecular weight is 521 g/mol. The first-order valence-corrected chi connectivity index (χ1v) is 12.6. The minimum absolute atomic E-state index is 0.0493. The molecule has 3 atom stereocenters. The molecule has 1 unspecified atom stereocenters. The second-order valence-corrected chi connectivity index (χ2v) is 9.70. The van der Waals surface area contributed by atoms with Gasteiger partial charge >= 0.3 is 0 Å². The molecule has 1 fully saturated rings. The Morgan fingerprint density at radius 1 is 0.949 bits per heavy atom. The van der Waals surface area contributed by atoms with Gasteiger partial charge in [-0.25, -0.2) is 19.0 Å². The number of fused-ring (bicyclic) bond motifs is 1. The molecule has 3 heterocycles. The number of amides is 2. The number of aromatic nitrogens is 4. The minimum Gasteiger partial charge on any atom is -0.343 e. The van der Waals surface area contributed by atoms with Crippen molar-refractivity contribution in [3.63, 3.8) is 0 Å². The molecule has 2 aromatic heterocycles. The maximum absolute atomic E-state index is 13.8. The van der Waals surface area contributed by atoms with E-state index in [0.717, 1.165) is 27.7 Å². The standard InChI is InChI=1S/C30H25FN6O2/c1-18-5-3-6-20(15-18)27-26(35-29(38)28-32-13-4-14-33-28)19(2)30(39)36(27)24-11-12-25-21(16-24)17-34-37(25)23-9-7-22(31)8-10-23/h3-17,19,26-27H,1-2H3,(H,35,38)/t19-,26+,27?/m1/s1. The molecule has 0 spiro atoms. The maximum Gasteiger partial charge on any atom is 0.289 e. The molecule has 1 saturated heterocycles. The highest BCUT2D eigenvalue weighted by molar-refractivity contribution is 6.02. The van der Waals surface area contributed by atoms with Crippen molar-refractivity contribution in [1.29, 1.82) is 0 Å². The second kappa shape index (κ2) is 9.75. The Balaban J connectivity index is 1.41. The molecule has 39 heavy (non-hydrogen) atoms. The Morgan fingerprint density at radius 2 is 1.69 bits per heavy atom. The van der Waals surface area contributed by atoms with E-state index in [9.17, 15) is 14.0 Å². The molecule has 194 valence electrons. The molecule has 0 aliphatic carbocycles. The number of nitrogens with zero attached hydrogens (tertiary/aromatic N) is 5. The van der Waals surface area contributed by atoms with Crippen molar-refractivity contribution in [1.82, 2.24) is 25.1 Å². The van der Waals surface area contributed by atoms with Crippen LogP contribution in [0.15, 0.2) is 91.4 Å². The van der Waals surface area contributed by atoms with Crippen LogP contribution in [-0.2, 0) is 4.79 Å². The Morgan fingerprint density at radius 3 is 2.44 bits per heavy atom. The van der Waals surface area contributed by atoms with Crippen molar-refractivity contribution in [3.05, 3.63) is 114 Å².